The zero-order valence-electron chi connectivity index (χ0n) is 16.5. The Balaban J connectivity index is 1.29. The molecule has 0 unspecified atom stereocenters. The van der Waals surface area contributed by atoms with Crippen LogP contribution in [0.15, 0.2) is 47.2 Å². The van der Waals surface area contributed by atoms with Crippen molar-refractivity contribution in [3.63, 3.8) is 0 Å². The van der Waals surface area contributed by atoms with Gasteiger partial charge in [-0.1, -0.05) is 17.3 Å². The summed E-state index contributed by atoms with van der Waals surface area (Å²) in [6.45, 7) is 1.69. The summed E-state index contributed by atoms with van der Waals surface area (Å²) in [6.07, 6.45) is 5.74. The van der Waals surface area contributed by atoms with E-state index in [1.54, 1.807) is 37.4 Å². The van der Waals surface area contributed by atoms with Crippen LogP contribution in [0, 0.1) is 18.7 Å². The van der Waals surface area contributed by atoms with Crippen molar-refractivity contribution in [3.8, 4) is 5.69 Å². The van der Waals surface area contributed by atoms with E-state index in [4.69, 9.17) is 4.52 Å². The number of carbonyl (C=O) groups excluding carboxylic acids is 2. The van der Waals surface area contributed by atoms with E-state index in [2.05, 4.69) is 20.9 Å². The number of carbonyl (C=O) groups is 2. The van der Waals surface area contributed by atoms with Crippen LogP contribution in [-0.4, -0.2) is 32.8 Å². The van der Waals surface area contributed by atoms with E-state index in [0.29, 0.717) is 48.5 Å². The molecular weight excluding hydrogens is 389 g/mol. The molecule has 1 aliphatic rings. The summed E-state index contributed by atoms with van der Waals surface area (Å²) in [5, 5.41) is 13.6. The second-order valence-electron chi connectivity index (χ2n) is 7.40. The lowest BCUT2D eigenvalue weighted by Crippen LogP contribution is -2.39. The lowest BCUT2D eigenvalue weighted by atomic mass is 9.85. The molecule has 0 bridgehead atoms. The summed E-state index contributed by atoms with van der Waals surface area (Å²) in [7, 11) is 0. The van der Waals surface area contributed by atoms with Gasteiger partial charge in [0.05, 0.1) is 6.20 Å². The number of halogens is 1. The standard InChI is InChI=1S/C21H22FN5O3/c1-13-16(12-23-30-13)21(29)24-15-8-6-14(7-9-15)20(28)25-19-10-11-27(26-19)18-5-3-2-4-17(18)22/h2-5,10-12,14-15H,6-9H2,1H3,(H,24,29)(H,25,26,28). The fourth-order valence-electron chi connectivity index (χ4n) is 3.67. The fraction of sp³-hybridized carbons (Fsp3) is 0.333. The second-order valence-corrected chi connectivity index (χ2v) is 7.40. The van der Waals surface area contributed by atoms with Gasteiger partial charge < -0.3 is 15.2 Å². The van der Waals surface area contributed by atoms with Gasteiger partial charge in [0.1, 0.15) is 22.8 Å². The number of amides is 2. The van der Waals surface area contributed by atoms with Crippen LogP contribution in [0.5, 0.6) is 0 Å². The van der Waals surface area contributed by atoms with Gasteiger partial charge in [-0.15, -0.1) is 5.10 Å². The van der Waals surface area contributed by atoms with Crippen molar-refractivity contribution in [1.82, 2.24) is 20.3 Å². The number of anilines is 1. The van der Waals surface area contributed by atoms with Crippen LogP contribution in [-0.2, 0) is 4.79 Å². The third-order valence-corrected chi connectivity index (χ3v) is 5.37. The zero-order chi connectivity index (χ0) is 21.1. The van der Waals surface area contributed by atoms with E-state index < -0.39 is 0 Å². The Labute approximate surface area is 172 Å². The minimum absolute atomic E-state index is 0.0103. The quantitative estimate of drug-likeness (QED) is 0.671. The average molecular weight is 411 g/mol. The molecule has 2 heterocycles. The monoisotopic (exact) mass is 411 g/mol. The molecule has 1 saturated carbocycles. The highest BCUT2D eigenvalue weighted by Crippen LogP contribution is 2.26. The number of para-hydroxylation sites is 1. The van der Waals surface area contributed by atoms with Gasteiger partial charge in [-0.2, -0.15) is 0 Å². The highest BCUT2D eigenvalue weighted by Gasteiger charge is 2.28. The van der Waals surface area contributed by atoms with Crippen LogP contribution in [0.2, 0.25) is 0 Å². The molecule has 3 aromatic rings. The number of aromatic nitrogens is 3. The lowest BCUT2D eigenvalue weighted by molar-refractivity contribution is -0.120. The fourth-order valence-corrected chi connectivity index (χ4v) is 3.67. The van der Waals surface area contributed by atoms with Gasteiger partial charge in [0.2, 0.25) is 5.91 Å². The van der Waals surface area contributed by atoms with Gasteiger partial charge in [-0.05, 0) is 44.7 Å². The molecule has 156 valence electrons. The molecule has 0 radical (unpaired) electrons. The van der Waals surface area contributed by atoms with E-state index >= 15 is 0 Å². The van der Waals surface area contributed by atoms with Crippen molar-refractivity contribution in [1.29, 1.82) is 0 Å². The normalized spacial score (nSPS) is 18.7. The van der Waals surface area contributed by atoms with Gasteiger partial charge in [-0.25, -0.2) is 9.07 Å². The summed E-state index contributed by atoms with van der Waals surface area (Å²) in [5.74, 6) is -0.0138. The summed E-state index contributed by atoms with van der Waals surface area (Å²) in [6, 6.07) is 7.95. The van der Waals surface area contributed by atoms with Crippen LogP contribution in [0.1, 0.15) is 41.8 Å². The van der Waals surface area contributed by atoms with Crippen LogP contribution in [0.4, 0.5) is 10.2 Å². The van der Waals surface area contributed by atoms with Gasteiger partial charge in [0, 0.05) is 24.2 Å². The smallest absolute Gasteiger partial charge is 0.256 e. The first-order valence-corrected chi connectivity index (χ1v) is 9.85. The Hall–Kier alpha value is -3.49. The Morgan fingerprint density at radius 1 is 1.17 bits per heavy atom. The predicted molar refractivity (Wildman–Crippen MR) is 107 cm³/mol. The SMILES string of the molecule is Cc1oncc1C(=O)NC1CCC(C(=O)Nc2ccn(-c3ccccc3F)n2)CC1. The highest BCUT2D eigenvalue weighted by molar-refractivity contribution is 5.95. The molecule has 8 nitrogen and oxygen atoms in total. The topological polar surface area (TPSA) is 102 Å². The number of nitrogens with one attached hydrogen (secondary N) is 2. The van der Waals surface area contributed by atoms with Crippen LogP contribution >= 0.6 is 0 Å². The van der Waals surface area contributed by atoms with Crippen molar-refractivity contribution in [3.05, 3.63) is 59.9 Å². The number of nitrogens with zero attached hydrogens (tertiary/aromatic N) is 3. The number of benzene rings is 1. The summed E-state index contributed by atoms with van der Waals surface area (Å²) < 4.78 is 20.2. The van der Waals surface area contributed by atoms with Crippen LogP contribution < -0.4 is 10.6 Å². The van der Waals surface area contributed by atoms with Crippen LogP contribution in [0.3, 0.4) is 0 Å². The molecule has 9 heteroatoms. The second kappa shape index (κ2) is 8.48. The van der Waals surface area contributed by atoms with Gasteiger partial charge in [-0.3, -0.25) is 9.59 Å². The van der Waals surface area contributed by atoms with Crippen molar-refractivity contribution in [2.24, 2.45) is 5.92 Å². The molecule has 2 aromatic heterocycles. The largest absolute Gasteiger partial charge is 0.361 e. The van der Waals surface area contributed by atoms with Gasteiger partial charge >= 0.3 is 0 Å². The molecule has 0 saturated heterocycles. The first kappa shape index (κ1) is 19.8. The number of aryl methyl sites for hydroxylation is 1. The predicted octanol–water partition coefficient (Wildman–Crippen LogP) is 3.24. The number of hydrogen-bond donors (Lipinski definition) is 2. The minimum atomic E-state index is -0.389. The van der Waals surface area contributed by atoms with E-state index in [1.165, 1.54) is 16.9 Å². The van der Waals surface area contributed by atoms with Gasteiger partial charge in [0.25, 0.3) is 5.91 Å². The third kappa shape index (κ3) is 4.24. The molecule has 1 fully saturated rings. The van der Waals surface area contributed by atoms with Gasteiger partial charge in [0.15, 0.2) is 5.82 Å². The third-order valence-electron chi connectivity index (χ3n) is 5.37. The summed E-state index contributed by atoms with van der Waals surface area (Å²) >= 11 is 0. The van der Waals surface area contributed by atoms with E-state index in [9.17, 15) is 14.0 Å². The molecule has 2 amide bonds. The maximum absolute atomic E-state index is 13.9. The Morgan fingerprint density at radius 3 is 2.63 bits per heavy atom. The van der Waals surface area contributed by atoms with E-state index in [-0.39, 0.29) is 29.6 Å². The zero-order valence-corrected chi connectivity index (χ0v) is 16.5. The summed E-state index contributed by atoms with van der Waals surface area (Å²) in [4.78, 5) is 24.9. The van der Waals surface area contributed by atoms with Crippen molar-refractivity contribution in [2.45, 2.75) is 38.6 Å². The van der Waals surface area contributed by atoms with Crippen molar-refractivity contribution < 1.29 is 18.5 Å². The Kier molecular flexibility index (Phi) is 5.60. The molecule has 0 aliphatic heterocycles. The van der Waals surface area contributed by atoms with Crippen LogP contribution in [0.25, 0.3) is 5.69 Å². The van der Waals surface area contributed by atoms with Crippen molar-refractivity contribution >= 4 is 17.6 Å². The highest BCUT2D eigenvalue weighted by atomic mass is 19.1. The Bertz CT molecular complexity index is 1050. The molecular formula is C21H22FN5O3. The maximum atomic E-state index is 13.9. The van der Waals surface area contributed by atoms with E-state index in [0.717, 1.165) is 0 Å². The molecule has 30 heavy (non-hydrogen) atoms. The minimum Gasteiger partial charge on any atom is -0.361 e. The molecule has 4 rings (SSSR count). The lowest BCUT2D eigenvalue weighted by Gasteiger charge is -2.28. The number of hydrogen-bond acceptors (Lipinski definition) is 5. The molecule has 0 spiro atoms. The first-order valence-electron chi connectivity index (χ1n) is 9.85. The average Bonchev–Trinajstić information content (AvgIpc) is 3.38. The van der Waals surface area contributed by atoms with E-state index in [1.807, 2.05) is 0 Å². The molecule has 1 aliphatic carbocycles. The maximum Gasteiger partial charge on any atom is 0.256 e. The summed E-state index contributed by atoms with van der Waals surface area (Å²) in [5.41, 5.74) is 0.748. The number of rotatable bonds is 5. The molecule has 1 aromatic carbocycles. The molecule has 2 N–H and O–H groups in total. The molecule has 0 atom stereocenters. The first-order chi connectivity index (χ1) is 14.5. The van der Waals surface area contributed by atoms with Crippen molar-refractivity contribution in [2.75, 3.05) is 5.32 Å². The Morgan fingerprint density at radius 2 is 1.93 bits per heavy atom.